The number of methoxy groups -OCH3 is 4. The summed E-state index contributed by atoms with van der Waals surface area (Å²) in [6.45, 7) is 18.7. The van der Waals surface area contributed by atoms with Crippen LogP contribution in [-0.2, 0) is 23.7 Å². The van der Waals surface area contributed by atoms with E-state index >= 15 is 0 Å². The zero-order valence-electron chi connectivity index (χ0n) is 29.3. The molecule has 3 rings (SSSR count). The largest absolute Gasteiger partial charge is 0.385 e. The van der Waals surface area contributed by atoms with Crippen molar-refractivity contribution in [3.05, 3.63) is 0 Å². The molecule has 4 unspecified atom stereocenters. The van der Waals surface area contributed by atoms with E-state index in [0.717, 1.165) is 98.4 Å². The number of nitrogens with zero attached hydrogens (tertiary/aromatic N) is 6. The monoisotopic (exact) mass is 629 g/mol. The summed E-state index contributed by atoms with van der Waals surface area (Å²) in [6.07, 6.45) is 4.99. The zero-order valence-corrected chi connectivity index (χ0v) is 29.3. The topological polar surface area (TPSA) is 65.6 Å². The van der Waals surface area contributed by atoms with Crippen molar-refractivity contribution in [1.29, 1.82) is 0 Å². The van der Waals surface area contributed by atoms with Crippen LogP contribution in [-0.4, -0.2) is 215 Å². The van der Waals surface area contributed by atoms with Crippen LogP contribution in [0.15, 0.2) is 0 Å². The van der Waals surface area contributed by atoms with Gasteiger partial charge in [0.15, 0.2) is 0 Å². The van der Waals surface area contributed by atoms with Crippen molar-refractivity contribution in [2.45, 2.75) is 43.8 Å². The quantitative estimate of drug-likeness (QED) is 0.161. The number of unbranched alkanes of at least 4 members (excludes halogenated alkanes) is 3. The molecule has 3 saturated heterocycles. The Morgan fingerprint density at radius 2 is 1.16 bits per heavy atom. The van der Waals surface area contributed by atoms with Crippen LogP contribution in [0.25, 0.3) is 0 Å². The lowest BCUT2D eigenvalue weighted by molar-refractivity contribution is -0.0531. The van der Waals surface area contributed by atoms with Gasteiger partial charge in [-0.2, -0.15) is 0 Å². The number of likely N-dealkylation sites (N-methyl/N-ethyl adjacent to an activating group) is 2. The summed E-state index contributed by atoms with van der Waals surface area (Å²) in [5, 5.41) is 0. The molecule has 44 heavy (non-hydrogen) atoms. The van der Waals surface area contributed by atoms with Gasteiger partial charge in [-0.3, -0.25) is 19.6 Å². The van der Waals surface area contributed by atoms with Crippen LogP contribution in [0.4, 0.5) is 0 Å². The smallest absolute Gasteiger partial charge is 0.0700 e. The Hall–Kier alpha value is -0.440. The van der Waals surface area contributed by atoms with Crippen molar-refractivity contribution < 1.29 is 23.7 Å². The first-order chi connectivity index (χ1) is 21.5. The van der Waals surface area contributed by atoms with Crippen molar-refractivity contribution in [1.82, 2.24) is 29.4 Å². The molecule has 11 nitrogen and oxygen atoms in total. The lowest BCUT2D eigenvalue weighted by Gasteiger charge is -2.52. The molecule has 11 heteroatoms. The lowest BCUT2D eigenvalue weighted by atomic mass is 9.92. The van der Waals surface area contributed by atoms with E-state index in [1.807, 2.05) is 7.11 Å². The van der Waals surface area contributed by atoms with E-state index in [9.17, 15) is 0 Å². The minimum atomic E-state index is 0.399. The van der Waals surface area contributed by atoms with Gasteiger partial charge in [-0.05, 0) is 33.5 Å². The Morgan fingerprint density at radius 3 is 1.86 bits per heavy atom. The second-order valence-corrected chi connectivity index (χ2v) is 13.3. The number of hydrogen-bond acceptors (Lipinski definition) is 11. The molecule has 0 N–H and O–H groups in total. The predicted octanol–water partition coefficient (Wildman–Crippen LogP) is 0.983. The lowest BCUT2D eigenvalue weighted by Crippen LogP contribution is -2.67. The molecule has 0 amide bonds. The highest BCUT2D eigenvalue weighted by Gasteiger charge is 2.41. The normalized spacial score (nSPS) is 26.5. The molecule has 0 aromatic carbocycles. The van der Waals surface area contributed by atoms with Crippen LogP contribution in [0.2, 0.25) is 0 Å². The van der Waals surface area contributed by atoms with Gasteiger partial charge in [-0.1, -0.05) is 12.8 Å². The van der Waals surface area contributed by atoms with E-state index in [4.69, 9.17) is 23.7 Å². The van der Waals surface area contributed by atoms with Gasteiger partial charge in [0.05, 0.1) is 33.0 Å². The van der Waals surface area contributed by atoms with Gasteiger partial charge >= 0.3 is 0 Å². The van der Waals surface area contributed by atoms with Crippen molar-refractivity contribution >= 4 is 0 Å². The highest BCUT2D eigenvalue weighted by atomic mass is 16.5. The number of piperazine rings is 3. The third-order valence-corrected chi connectivity index (χ3v) is 10.1. The number of rotatable bonds is 22. The number of ether oxygens (including phenoxy) is 5. The van der Waals surface area contributed by atoms with Crippen LogP contribution in [0.3, 0.4) is 0 Å². The van der Waals surface area contributed by atoms with Crippen molar-refractivity contribution in [3.63, 3.8) is 0 Å². The zero-order chi connectivity index (χ0) is 31.6. The second-order valence-electron chi connectivity index (χ2n) is 13.3. The van der Waals surface area contributed by atoms with Gasteiger partial charge in [0.2, 0.25) is 0 Å². The Morgan fingerprint density at radius 1 is 0.545 bits per heavy atom. The molecule has 0 aliphatic carbocycles. The molecular formula is C33H68N6O5. The molecule has 3 fully saturated rings. The van der Waals surface area contributed by atoms with E-state index in [1.165, 1.54) is 38.8 Å². The Bertz CT molecular complexity index is 726. The molecule has 3 heterocycles. The third-order valence-electron chi connectivity index (χ3n) is 10.1. The van der Waals surface area contributed by atoms with E-state index in [1.54, 1.807) is 21.3 Å². The summed E-state index contributed by atoms with van der Waals surface area (Å²) in [5.74, 6) is 0.399. The minimum Gasteiger partial charge on any atom is -0.385 e. The molecule has 3 aliphatic heterocycles. The molecule has 0 radical (unpaired) electrons. The van der Waals surface area contributed by atoms with Crippen molar-refractivity contribution in [2.24, 2.45) is 5.92 Å². The van der Waals surface area contributed by atoms with E-state index in [-0.39, 0.29) is 0 Å². The highest BCUT2D eigenvalue weighted by molar-refractivity contribution is 4.98. The van der Waals surface area contributed by atoms with Gasteiger partial charge in [0, 0.05) is 138 Å². The summed E-state index contributed by atoms with van der Waals surface area (Å²) < 4.78 is 28.0. The summed E-state index contributed by atoms with van der Waals surface area (Å²) >= 11 is 0. The van der Waals surface area contributed by atoms with E-state index in [2.05, 4.69) is 43.5 Å². The van der Waals surface area contributed by atoms with Gasteiger partial charge in [0.25, 0.3) is 0 Å². The van der Waals surface area contributed by atoms with Crippen LogP contribution < -0.4 is 0 Å². The second kappa shape index (κ2) is 22.2. The van der Waals surface area contributed by atoms with Crippen LogP contribution >= 0.6 is 0 Å². The first kappa shape index (κ1) is 38.0. The van der Waals surface area contributed by atoms with Crippen LogP contribution in [0.5, 0.6) is 0 Å². The average molecular weight is 629 g/mol. The standard InChI is InChI=1S/C33H68N6O5/c1-34-12-15-37(11-9-7-8-10-20-40-3)32(26-34)33-27-35(2)13-16-39(33)25-30(29-44-24-23-43-6)31-28-36(18-21-41-4)14-17-38(31)19-22-42-5/h30-33H,7-29H2,1-6H3. The fraction of sp³-hybridized carbons (Fsp3) is 1.00. The van der Waals surface area contributed by atoms with Gasteiger partial charge in [-0.15, -0.1) is 0 Å². The highest BCUT2D eigenvalue weighted by Crippen LogP contribution is 2.26. The molecule has 0 saturated carbocycles. The average Bonchev–Trinajstić information content (AvgIpc) is 3.03. The van der Waals surface area contributed by atoms with E-state index < -0.39 is 0 Å². The first-order valence-corrected chi connectivity index (χ1v) is 17.4. The van der Waals surface area contributed by atoms with Gasteiger partial charge < -0.3 is 33.5 Å². The summed E-state index contributed by atoms with van der Waals surface area (Å²) in [4.78, 5) is 16.1. The molecule has 4 atom stereocenters. The minimum absolute atomic E-state index is 0.399. The maximum Gasteiger partial charge on any atom is 0.0700 e. The van der Waals surface area contributed by atoms with Crippen LogP contribution in [0.1, 0.15) is 25.7 Å². The maximum atomic E-state index is 6.34. The molecular weight excluding hydrogens is 560 g/mol. The fourth-order valence-electron chi connectivity index (χ4n) is 7.36. The van der Waals surface area contributed by atoms with Crippen molar-refractivity contribution in [3.8, 4) is 0 Å². The summed E-state index contributed by atoms with van der Waals surface area (Å²) in [6, 6.07) is 1.46. The SMILES string of the molecule is COCCCCCCN1CCN(C)CC1C1CN(C)CCN1CC(COCCOC)C1CN(CCOC)CCN1CCOC. The third kappa shape index (κ3) is 13.0. The molecule has 0 aromatic heterocycles. The molecule has 0 spiro atoms. The Labute approximate surface area is 270 Å². The predicted molar refractivity (Wildman–Crippen MR) is 178 cm³/mol. The first-order valence-electron chi connectivity index (χ1n) is 17.4. The van der Waals surface area contributed by atoms with Crippen molar-refractivity contribution in [2.75, 3.05) is 167 Å². The maximum absolute atomic E-state index is 6.34. The van der Waals surface area contributed by atoms with Crippen LogP contribution in [0, 0.1) is 5.92 Å². The Kier molecular flexibility index (Phi) is 19.2. The molecule has 260 valence electrons. The molecule has 0 bridgehead atoms. The van der Waals surface area contributed by atoms with E-state index in [0.29, 0.717) is 37.3 Å². The van der Waals surface area contributed by atoms with Gasteiger partial charge in [-0.25, -0.2) is 0 Å². The molecule has 0 aromatic rings. The van der Waals surface area contributed by atoms with Gasteiger partial charge in [0.1, 0.15) is 0 Å². The number of hydrogen-bond donors (Lipinski definition) is 0. The fourth-order valence-corrected chi connectivity index (χ4v) is 7.36. The molecule has 3 aliphatic rings. The summed E-state index contributed by atoms with van der Waals surface area (Å²) in [7, 11) is 11.8. The Balaban J connectivity index is 1.77. The summed E-state index contributed by atoms with van der Waals surface area (Å²) in [5.41, 5.74) is 0.